The summed E-state index contributed by atoms with van der Waals surface area (Å²) in [6.07, 6.45) is -1.37. The Hall–Kier alpha value is -4.61. The lowest BCUT2D eigenvalue weighted by Crippen LogP contribution is -2.59. The first-order valence-electron chi connectivity index (χ1n) is 19.1. The smallest absolute Gasteiger partial charge is 0.427 e. The molecule has 4 amide bonds. The number of rotatable bonds is 8. The number of hydrogen-bond donors (Lipinski definition) is 3. The fourth-order valence-electron chi connectivity index (χ4n) is 7.54. The number of aromatic nitrogens is 1. The lowest BCUT2D eigenvalue weighted by atomic mass is 9.88. The molecule has 0 unspecified atom stereocenters. The first-order chi connectivity index (χ1) is 26.6. The highest BCUT2D eigenvalue weighted by Crippen LogP contribution is 2.48. The second-order valence-corrected chi connectivity index (χ2v) is 18.9. The van der Waals surface area contributed by atoms with Gasteiger partial charge in [0.05, 0.1) is 18.4 Å². The SMILES string of the molecule is COc1cc2ccccc2c(O[C@@H]2C[C@H]3C(=O)N[C@]4(C(=O)NS(=O)(=O)C5(C)CC5)C[C@H]4/C=C\CC[C@@H](C)C[C@@H](C)[C@H](NC(=O)OC(C)(C)C(F)(F)F)C(=O)N3C2)n1. The van der Waals surface area contributed by atoms with Crippen molar-refractivity contribution in [2.45, 2.75) is 120 Å². The number of allylic oxidation sites excluding steroid dienone is 1. The molecular weight excluding hydrogens is 772 g/mol. The van der Waals surface area contributed by atoms with Gasteiger partial charge in [0.25, 0.3) is 5.91 Å². The summed E-state index contributed by atoms with van der Waals surface area (Å²) in [7, 11) is -2.64. The molecule has 4 aliphatic rings. The van der Waals surface area contributed by atoms with Crippen LogP contribution < -0.4 is 24.8 Å². The van der Waals surface area contributed by atoms with Gasteiger partial charge in [0.2, 0.25) is 39.2 Å². The Kier molecular flexibility index (Phi) is 11.3. The molecule has 6 rings (SSSR count). The maximum Gasteiger partial charge on any atom is 0.427 e. The Morgan fingerprint density at radius 2 is 1.79 bits per heavy atom. The molecule has 1 aromatic heterocycles. The molecule has 3 N–H and O–H groups in total. The predicted molar refractivity (Wildman–Crippen MR) is 201 cm³/mol. The molecular formula is C39H50F3N5O9S. The van der Waals surface area contributed by atoms with Crippen LogP contribution in [0.2, 0.25) is 0 Å². The van der Waals surface area contributed by atoms with E-state index in [-0.39, 0.29) is 37.1 Å². The van der Waals surface area contributed by atoms with Gasteiger partial charge in [-0.05, 0) is 82.6 Å². The largest absolute Gasteiger partial charge is 0.481 e. The fraction of sp³-hybridized carbons (Fsp3) is 0.615. The van der Waals surface area contributed by atoms with Crippen molar-refractivity contribution in [1.82, 2.24) is 25.2 Å². The number of alkyl halides is 3. The number of sulfonamides is 1. The lowest BCUT2D eigenvalue weighted by molar-refractivity contribution is -0.244. The van der Waals surface area contributed by atoms with Gasteiger partial charge >= 0.3 is 12.3 Å². The number of ether oxygens (including phenoxy) is 3. The highest BCUT2D eigenvalue weighted by Gasteiger charge is 2.63. The minimum atomic E-state index is -4.91. The number of benzene rings is 1. The van der Waals surface area contributed by atoms with Gasteiger partial charge in [-0.2, -0.15) is 18.2 Å². The van der Waals surface area contributed by atoms with E-state index < -0.39 is 85.9 Å². The number of halogens is 3. The number of pyridine rings is 1. The average molecular weight is 822 g/mol. The first-order valence-corrected chi connectivity index (χ1v) is 20.6. The fourth-order valence-corrected chi connectivity index (χ4v) is 8.85. The van der Waals surface area contributed by atoms with Crippen LogP contribution in [0.3, 0.4) is 0 Å². The zero-order valence-electron chi connectivity index (χ0n) is 32.8. The van der Waals surface area contributed by atoms with Crippen molar-refractivity contribution in [2.24, 2.45) is 17.8 Å². The Bertz CT molecular complexity index is 2060. The number of nitrogens with zero attached hydrogens (tertiary/aromatic N) is 2. The lowest BCUT2D eigenvalue weighted by Gasteiger charge is -2.34. The van der Waals surface area contributed by atoms with Crippen LogP contribution in [-0.2, 0) is 29.1 Å². The second-order valence-electron chi connectivity index (χ2n) is 16.7. The van der Waals surface area contributed by atoms with Crippen LogP contribution in [-0.4, -0.2) is 96.0 Å². The molecule has 1 saturated heterocycles. The number of amides is 4. The summed E-state index contributed by atoms with van der Waals surface area (Å²) in [6, 6.07) is 6.15. The summed E-state index contributed by atoms with van der Waals surface area (Å²) < 4.78 is 85.2. The van der Waals surface area contributed by atoms with Gasteiger partial charge in [0.15, 0.2) is 0 Å². The molecule has 1 aromatic carbocycles. The molecule has 18 heteroatoms. The van der Waals surface area contributed by atoms with E-state index in [0.717, 1.165) is 5.39 Å². The topological polar surface area (TPSA) is 182 Å². The van der Waals surface area contributed by atoms with E-state index in [2.05, 4.69) is 20.3 Å². The molecule has 57 heavy (non-hydrogen) atoms. The highest BCUT2D eigenvalue weighted by molar-refractivity contribution is 7.91. The van der Waals surface area contributed by atoms with Crippen LogP contribution >= 0.6 is 0 Å². The molecule has 312 valence electrons. The Morgan fingerprint density at radius 1 is 1.09 bits per heavy atom. The van der Waals surface area contributed by atoms with Crippen molar-refractivity contribution >= 4 is 44.6 Å². The Balaban J connectivity index is 1.36. The number of methoxy groups -OCH3 is 1. The quantitative estimate of drug-likeness (QED) is 0.310. The van der Waals surface area contributed by atoms with E-state index in [1.807, 2.05) is 25.1 Å². The van der Waals surface area contributed by atoms with Crippen molar-refractivity contribution in [1.29, 1.82) is 0 Å². The van der Waals surface area contributed by atoms with Crippen LogP contribution in [0.5, 0.6) is 11.8 Å². The van der Waals surface area contributed by atoms with Gasteiger partial charge in [-0.15, -0.1) is 0 Å². The number of fused-ring (bicyclic) bond motifs is 3. The molecule has 14 nitrogen and oxygen atoms in total. The molecule has 3 fully saturated rings. The van der Waals surface area contributed by atoms with E-state index in [9.17, 15) is 40.8 Å². The van der Waals surface area contributed by atoms with Gasteiger partial charge < -0.3 is 29.7 Å². The highest BCUT2D eigenvalue weighted by atomic mass is 32.2. The van der Waals surface area contributed by atoms with Crippen LogP contribution in [0.1, 0.15) is 79.6 Å². The van der Waals surface area contributed by atoms with Gasteiger partial charge in [-0.3, -0.25) is 19.1 Å². The van der Waals surface area contributed by atoms with Crippen LogP contribution in [0.25, 0.3) is 10.8 Å². The molecule has 2 saturated carbocycles. The van der Waals surface area contributed by atoms with Crippen molar-refractivity contribution in [3.63, 3.8) is 0 Å². The van der Waals surface area contributed by atoms with E-state index in [0.29, 0.717) is 51.3 Å². The average Bonchev–Trinajstić information content (AvgIpc) is 4.01. The van der Waals surface area contributed by atoms with E-state index in [1.165, 1.54) is 18.9 Å². The first kappa shape index (κ1) is 42.0. The monoisotopic (exact) mass is 821 g/mol. The zero-order chi connectivity index (χ0) is 41.7. The maximum atomic E-state index is 14.7. The summed E-state index contributed by atoms with van der Waals surface area (Å²) in [4.78, 5) is 61.9. The molecule has 0 radical (unpaired) electrons. The predicted octanol–water partition coefficient (Wildman–Crippen LogP) is 4.91. The number of carbonyl (C=O) groups is 4. The van der Waals surface area contributed by atoms with E-state index in [1.54, 1.807) is 31.2 Å². The minimum absolute atomic E-state index is 0.0381. The zero-order valence-corrected chi connectivity index (χ0v) is 33.6. The van der Waals surface area contributed by atoms with Crippen molar-refractivity contribution in [3.8, 4) is 11.8 Å². The van der Waals surface area contributed by atoms with Gasteiger partial charge in [0.1, 0.15) is 23.7 Å². The van der Waals surface area contributed by atoms with Gasteiger partial charge in [-0.1, -0.05) is 44.2 Å². The Morgan fingerprint density at radius 3 is 2.46 bits per heavy atom. The molecule has 2 aliphatic carbocycles. The molecule has 0 bridgehead atoms. The minimum Gasteiger partial charge on any atom is -0.481 e. The van der Waals surface area contributed by atoms with Crippen LogP contribution in [0, 0.1) is 17.8 Å². The maximum absolute atomic E-state index is 14.7. The third-order valence-electron chi connectivity index (χ3n) is 11.7. The summed E-state index contributed by atoms with van der Waals surface area (Å²) in [6.45, 7) is 6.32. The Labute approximate surface area is 329 Å². The summed E-state index contributed by atoms with van der Waals surface area (Å²) in [5.41, 5.74) is -4.53. The summed E-state index contributed by atoms with van der Waals surface area (Å²) >= 11 is 0. The number of carbonyl (C=O) groups excluding carboxylic acids is 4. The van der Waals surface area contributed by atoms with E-state index in [4.69, 9.17) is 14.2 Å². The van der Waals surface area contributed by atoms with Gasteiger partial charge in [0, 0.05) is 23.8 Å². The molecule has 3 heterocycles. The standard InChI is InChI=1S/C39H50F3N5O9S/c1-22-11-7-9-13-25-20-38(25,34(50)46-57(52,53)37(5)15-16-37)45-31(48)28-19-26(55-32-27-14-10-8-12-24(27)18-29(43-32)54-6)21-47(28)33(49)30(23(2)17-22)44-35(51)56-36(3,4)39(40,41)42/h8-10,12-14,18,22-23,25-26,28,30H,7,11,15-17,19-21H2,1-6H3,(H,44,51)(H,45,48)(H,46,50)/b13-9-/t22-,23-,25-,26-,28+,30+,38-/m1/s1. The van der Waals surface area contributed by atoms with Crippen molar-refractivity contribution in [2.75, 3.05) is 13.7 Å². The number of nitrogens with one attached hydrogen (secondary N) is 3. The molecule has 7 atom stereocenters. The second kappa shape index (κ2) is 15.3. The summed E-state index contributed by atoms with van der Waals surface area (Å²) in [5, 5.41) is 6.53. The third kappa shape index (κ3) is 8.65. The number of alkyl carbamates (subject to hydrolysis) is 1. The van der Waals surface area contributed by atoms with E-state index >= 15 is 0 Å². The number of hydrogen-bond acceptors (Lipinski definition) is 10. The van der Waals surface area contributed by atoms with Crippen molar-refractivity contribution in [3.05, 3.63) is 42.5 Å². The summed E-state index contributed by atoms with van der Waals surface area (Å²) in [5.74, 6) is -3.29. The molecule has 2 aromatic rings. The third-order valence-corrected chi connectivity index (χ3v) is 13.9. The van der Waals surface area contributed by atoms with Crippen LogP contribution in [0.4, 0.5) is 18.0 Å². The van der Waals surface area contributed by atoms with Gasteiger partial charge in [-0.25, -0.2) is 13.2 Å². The molecule has 0 spiro atoms. The normalized spacial score (nSPS) is 29.7. The van der Waals surface area contributed by atoms with Crippen molar-refractivity contribution < 1.29 is 55.0 Å². The molecule has 2 aliphatic heterocycles. The van der Waals surface area contributed by atoms with Crippen LogP contribution in [0.15, 0.2) is 42.5 Å².